The molecule has 5 rings (SSSR count). The SMILES string of the molecule is COc1ccc(-c2ccc3c([C@H]4CN(C(=O)C5CC(F)C5)CCO4)ncn3c2)cc1. The number of amides is 1. The molecule has 0 N–H and O–H groups in total. The van der Waals surface area contributed by atoms with Crippen LogP contribution in [-0.2, 0) is 9.53 Å². The van der Waals surface area contributed by atoms with E-state index in [-0.39, 0.29) is 17.9 Å². The third-order valence-corrected chi connectivity index (χ3v) is 6.10. The molecule has 3 heterocycles. The average molecular weight is 409 g/mol. The van der Waals surface area contributed by atoms with Crippen molar-refractivity contribution in [2.75, 3.05) is 26.8 Å². The molecule has 1 aromatic carbocycles. The van der Waals surface area contributed by atoms with Crippen LogP contribution in [0.5, 0.6) is 5.75 Å². The Kier molecular flexibility index (Phi) is 4.90. The minimum atomic E-state index is -0.826. The summed E-state index contributed by atoms with van der Waals surface area (Å²) in [6.45, 7) is 1.47. The summed E-state index contributed by atoms with van der Waals surface area (Å²) in [5, 5.41) is 0. The van der Waals surface area contributed by atoms with Crippen LogP contribution in [0.3, 0.4) is 0 Å². The number of aromatic nitrogens is 2. The van der Waals surface area contributed by atoms with Gasteiger partial charge in [-0.05, 0) is 42.2 Å². The number of nitrogens with zero attached hydrogens (tertiary/aromatic N) is 3. The molecule has 156 valence electrons. The summed E-state index contributed by atoms with van der Waals surface area (Å²) < 4.78 is 26.3. The van der Waals surface area contributed by atoms with Crippen LogP contribution in [-0.4, -0.2) is 53.2 Å². The van der Waals surface area contributed by atoms with E-state index in [9.17, 15) is 9.18 Å². The van der Waals surface area contributed by atoms with Crippen molar-refractivity contribution < 1.29 is 18.7 Å². The zero-order chi connectivity index (χ0) is 20.7. The van der Waals surface area contributed by atoms with Crippen molar-refractivity contribution in [1.29, 1.82) is 0 Å². The van der Waals surface area contributed by atoms with Crippen molar-refractivity contribution in [3.8, 4) is 16.9 Å². The van der Waals surface area contributed by atoms with Crippen molar-refractivity contribution >= 4 is 11.4 Å². The van der Waals surface area contributed by atoms with Crippen LogP contribution >= 0.6 is 0 Å². The highest BCUT2D eigenvalue weighted by atomic mass is 19.1. The fraction of sp³-hybridized carbons (Fsp3) is 0.391. The summed E-state index contributed by atoms with van der Waals surface area (Å²) in [4.78, 5) is 19.0. The lowest BCUT2D eigenvalue weighted by Crippen LogP contribution is -2.48. The molecule has 2 aliphatic rings. The van der Waals surface area contributed by atoms with E-state index in [1.807, 2.05) is 45.8 Å². The molecule has 0 bridgehead atoms. The van der Waals surface area contributed by atoms with Gasteiger partial charge in [0.1, 0.15) is 18.0 Å². The number of morpholine rings is 1. The van der Waals surface area contributed by atoms with Crippen LogP contribution in [0.2, 0.25) is 0 Å². The lowest BCUT2D eigenvalue weighted by atomic mass is 9.82. The largest absolute Gasteiger partial charge is 0.497 e. The second kappa shape index (κ2) is 7.72. The van der Waals surface area contributed by atoms with E-state index in [4.69, 9.17) is 9.47 Å². The van der Waals surface area contributed by atoms with E-state index in [0.717, 1.165) is 28.1 Å². The van der Waals surface area contributed by atoms with Gasteiger partial charge in [0.2, 0.25) is 5.91 Å². The lowest BCUT2D eigenvalue weighted by molar-refractivity contribution is -0.148. The zero-order valence-corrected chi connectivity index (χ0v) is 16.8. The summed E-state index contributed by atoms with van der Waals surface area (Å²) in [5.74, 6) is 0.689. The van der Waals surface area contributed by atoms with Crippen LogP contribution in [0.4, 0.5) is 4.39 Å². The second-order valence-corrected chi connectivity index (χ2v) is 7.98. The molecule has 6 nitrogen and oxygen atoms in total. The van der Waals surface area contributed by atoms with Gasteiger partial charge < -0.3 is 18.8 Å². The monoisotopic (exact) mass is 409 g/mol. The normalized spacial score (nSPS) is 23.9. The van der Waals surface area contributed by atoms with Gasteiger partial charge in [-0.25, -0.2) is 9.37 Å². The van der Waals surface area contributed by atoms with E-state index < -0.39 is 6.17 Å². The topological polar surface area (TPSA) is 56.1 Å². The van der Waals surface area contributed by atoms with Gasteiger partial charge in [0, 0.05) is 18.7 Å². The van der Waals surface area contributed by atoms with Gasteiger partial charge in [-0.3, -0.25) is 4.79 Å². The van der Waals surface area contributed by atoms with Gasteiger partial charge >= 0.3 is 0 Å². The maximum Gasteiger partial charge on any atom is 0.226 e. The summed E-state index contributed by atoms with van der Waals surface area (Å²) in [7, 11) is 1.65. The Morgan fingerprint density at radius 3 is 2.67 bits per heavy atom. The third-order valence-electron chi connectivity index (χ3n) is 6.10. The van der Waals surface area contributed by atoms with Crippen molar-refractivity contribution in [2.24, 2.45) is 5.92 Å². The first-order chi connectivity index (χ1) is 14.6. The van der Waals surface area contributed by atoms with Crippen LogP contribution in [0, 0.1) is 5.92 Å². The highest BCUT2D eigenvalue weighted by molar-refractivity contribution is 5.80. The summed E-state index contributed by atoms with van der Waals surface area (Å²) in [6.07, 6.45) is 3.41. The summed E-state index contributed by atoms with van der Waals surface area (Å²) in [6, 6.07) is 12.0. The first-order valence-corrected chi connectivity index (χ1v) is 10.3. The van der Waals surface area contributed by atoms with Crippen LogP contribution in [0.25, 0.3) is 16.6 Å². The quantitative estimate of drug-likeness (QED) is 0.660. The number of methoxy groups -OCH3 is 1. The molecule has 1 saturated heterocycles. The highest BCUT2D eigenvalue weighted by Gasteiger charge is 2.39. The molecular weight excluding hydrogens is 385 g/mol. The Morgan fingerprint density at radius 1 is 1.17 bits per heavy atom. The van der Waals surface area contributed by atoms with E-state index in [0.29, 0.717) is 32.5 Å². The van der Waals surface area contributed by atoms with Gasteiger partial charge in [-0.1, -0.05) is 18.2 Å². The van der Waals surface area contributed by atoms with Crippen molar-refractivity contribution in [1.82, 2.24) is 14.3 Å². The zero-order valence-electron chi connectivity index (χ0n) is 16.8. The first-order valence-electron chi connectivity index (χ1n) is 10.3. The number of rotatable bonds is 4. The fourth-order valence-corrected chi connectivity index (χ4v) is 4.25. The number of pyridine rings is 1. The smallest absolute Gasteiger partial charge is 0.226 e. The molecule has 0 radical (unpaired) electrons. The number of fused-ring (bicyclic) bond motifs is 1. The number of carbonyl (C=O) groups is 1. The van der Waals surface area contributed by atoms with Gasteiger partial charge in [0.25, 0.3) is 0 Å². The van der Waals surface area contributed by atoms with E-state index in [1.165, 1.54) is 0 Å². The second-order valence-electron chi connectivity index (χ2n) is 7.98. The summed E-state index contributed by atoms with van der Waals surface area (Å²) >= 11 is 0. The van der Waals surface area contributed by atoms with E-state index >= 15 is 0 Å². The summed E-state index contributed by atoms with van der Waals surface area (Å²) in [5.41, 5.74) is 3.94. The molecule has 1 aliphatic carbocycles. The van der Waals surface area contributed by atoms with Crippen molar-refractivity contribution in [3.63, 3.8) is 0 Å². The van der Waals surface area contributed by atoms with Crippen molar-refractivity contribution in [2.45, 2.75) is 25.1 Å². The number of halogens is 1. The van der Waals surface area contributed by atoms with Crippen LogP contribution in [0.1, 0.15) is 24.6 Å². The van der Waals surface area contributed by atoms with Gasteiger partial charge in [0.15, 0.2) is 0 Å². The Labute approximate surface area is 174 Å². The predicted molar refractivity (Wildman–Crippen MR) is 110 cm³/mol. The number of alkyl halides is 1. The average Bonchev–Trinajstić information content (AvgIpc) is 3.20. The number of hydrogen-bond donors (Lipinski definition) is 0. The minimum absolute atomic E-state index is 0.0440. The van der Waals surface area contributed by atoms with E-state index in [1.54, 1.807) is 13.4 Å². The van der Waals surface area contributed by atoms with Crippen LogP contribution < -0.4 is 4.74 Å². The molecule has 2 aromatic heterocycles. The maximum atomic E-state index is 13.1. The number of carbonyl (C=O) groups excluding carboxylic acids is 1. The molecule has 0 unspecified atom stereocenters. The Balaban J connectivity index is 1.36. The molecule has 1 atom stereocenters. The number of hydrogen-bond acceptors (Lipinski definition) is 4. The Morgan fingerprint density at radius 2 is 1.93 bits per heavy atom. The molecule has 0 spiro atoms. The number of ether oxygens (including phenoxy) is 2. The Hall–Kier alpha value is -2.93. The number of imidazole rings is 1. The highest BCUT2D eigenvalue weighted by Crippen LogP contribution is 2.34. The number of benzene rings is 1. The van der Waals surface area contributed by atoms with Crippen LogP contribution in [0.15, 0.2) is 48.9 Å². The molecule has 1 amide bonds. The molecular formula is C23H24FN3O3. The van der Waals surface area contributed by atoms with E-state index in [2.05, 4.69) is 11.1 Å². The molecule has 3 aromatic rings. The molecule has 1 aliphatic heterocycles. The van der Waals surface area contributed by atoms with Gasteiger partial charge in [0.05, 0.1) is 37.8 Å². The van der Waals surface area contributed by atoms with Gasteiger partial charge in [-0.15, -0.1) is 0 Å². The first kappa shape index (κ1) is 19.1. The molecule has 2 fully saturated rings. The minimum Gasteiger partial charge on any atom is -0.497 e. The predicted octanol–water partition coefficient (Wildman–Crippen LogP) is 3.66. The maximum absolute atomic E-state index is 13.1. The molecule has 1 saturated carbocycles. The lowest BCUT2D eigenvalue weighted by Gasteiger charge is -2.38. The van der Waals surface area contributed by atoms with Crippen molar-refractivity contribution in [3.05, 3.63) is 54.6 Å². The molecule has 30 heavy (non-hydrogen) atoms. The Bertz CT molecular complexity index is 1060. The third kappa shape index (κ3) is 3.43. The fourth-order valence-electron chi connectivity index (χ4n) is 4.25. The van der Waals surface area contributed by atoms with Gasteiger partial charge in [-0.2, -0.15) is 0 Å². The molecule has 7 heteroatoms. The standard InChI is InChI=1S/C23H24FN3O3/c1-29-19-5-2-15(3-6-19)16-4-7-20-22(25-14-27(20)12-16)21-13-26(8-9-30-21)23(28)17-10-18(24)11-17/h2-7,12,14,17-18,21H,8-11,13H2,1H3/t17?,18?,21-/m1/s1.